The average Bonchev–Trinajstić information content (AvgIpc) is 3.38. The minimum Gasteiger partial charge on any atom is -0.506 e. The number of aryl methyl sites for hydroxylation is 1. The molecule has 1 aliphatic heterocycles. The van der Waals surface area contributed by atoms with Crippen LogP contribution in [-0.2, 0) is 16.6 Å². The van der Waals surface area contributed by atoms with Crippen molar-refractivity contribution in [2.24, 2.45) is 5.92 Å². The summed E-state index contributed by atoms with van der Waals surface area (Å²) in [7, 11) is 0. The number of nitrogen functional groups attached to an aromatic ring is 1. The molecule has 4 heterocycles. The predicted molar refractivity (Wildman–Crippen MR) is 130 cm³/mol. The van der Waals surface area contributed by atoms with Crippen LogP contribution in [0.4, 0.5) is 16.0 Å². The molecule has 1 atom stereocenters. The van der Waals surface area contributed by atoms with Crippen LogP contribution in [0.25, 0.3) is 17.2 Å². The number of carbonyl (C=O) groups excluding carboxylic acids is 1. The fraction of sp³-hybridized carbons (Fsp3) is 0.292. The molecule has 1 amide bonds. The van der Waals surface area contributed by atoms with E-state index in [4.69, 9.17) is 22.3 Å². The molecule has 180 valence electrons. The smallest absolute Gasteiger partial charge is 0.240 e. The topological polar surface area (TPSA) is 131 Å². The molecule has 1 aromatic carbocycles. The number of halogens is 2. The Morgan fingerprint density at radius 1 is 1.29 bits per heavy atom. The van der Waals surface area contributed by atoms with Crippen LogP contribution in [-0.4, -0.2) is 35.4 Å². The number of benzene rings is 1. The van der Waals surface area contributed by atoms with Crippen molar-refractivity contribution in [2.75, 3.05) is 11.1 Å². The van der Waals surface area contributed by atoms with Gasteiger partial charge in [0.15, 0.2) is 11.5 Å². The number of nitrogens with zero attached hydrogens (tertiary/aromatic N) is 5. The maximum atomic E-state index is 14.3. The van der Waals surface area contributed by atoms with Crippen LogP contribution in [0.3, 0.4) is 0 Å². The average molecular weight is 496 g/mol. The molecule has 35 heavy (non-hydrogen) atoms. The van der Waals surface area contributed by atoms with E-state index in [0.29, 0.717) is 11.6 Å². The first kappa shape index (κ1) is 23.0. The van der Waals surface area contributed by atoms with Crippen molar-refractivity contribution in [3.63, 3.8) is 0 Å². The Bertz CT molecular complexity index is 1480. The molecule has 0 saturated heterocycles. The van der Waals surface area contributed by atoms with E-state index in [1.807, 2.05) is 10.6 Å². The molecule has 5 rings (SSSR count). The van der Waals surface area contributed by atoms with Gasteiger partial charge >= 0.3 is 0 Å². The van der Waals surface area contributed by atoms with Crippen molar-refractivity contribution in [3.05, 3.63) is 58.4 Å². The highest BCUT2D eigenvalue weighted by Crippen LogP contribution is 2.46. The lowest BCUT2D eigenvalue weighted by Gasteiger charge is -2.24. The standard InChI is InChI=1S/C24H23ClFN7O2/c1-11(2)4-5-14-22-28-6-7-33(22)10-15(29-14)20-30-19(27)17-21(31-20)32-23(35)24(17,3)12-8-13(26)18(25)16(34)9-12/h6-11,34H,4-5H2,1-3H3,(H3,27,30,31,32,35)/t24-/m0/s1. The first-order chi connectivity index (χ1) is 16.6. The summed E-state index contributed by atoms with van der Waals surface area (Å²) in [6.07, 6.45) is 6.93. The number of carbonyl (C=O) groups is 1. The van der Waals surface area contributed by atoms with Gasteiger partial charge in [0.05, 0.1) is 11.3 Å². The minimum atomic E-state index is -1.44. The molecule has 0 unspecified atom stereocenters. The molecule has 4 N–H and O–H groups in total. The van der Waals surface area contributed by atoms with Gasteiger partial charge in [-0.25, -0.2) is 24.3 Å². The number of anilines is 2. The van der Waals surface area contributed by atoms with Gasteiger partial charge in [-0.2, -0.15) is 0 Å². The van der Waals surface area contributed by atoms with E-state index in [2.05, 4.69) is 34.1 Å². The van der Waals surface area contributed by atoms with Crippen molar-refractivity contribution in [2.45, 2.75) is 39.0 Å². The second-order valence-electron chi connectivity index (χ2n) is 9.19. The number of aromatic nitrogens is 5. The number of imidazole rings is 1. The Hall–Kier alpha value is -3.79. The summed E-state index contributed by atoms with van der Waals surface area (Å²) >= 11 is 5.76. The van der Waals surface area contributed by atoms with Gasteiger partial charge in [-0.3, -0.25) is 4.79 Å². The van der Waals surface area contributed by atoms with E-state index < -0.39 is 27.9 Å². The number of rotatable bonds is 5. The number of nitrogens with one attached hydrogen (secondary N) is 1. The van der Waals surface area contributed by atoms with E-state index in [9.17, 15) is 14.3 Å². The summed E-state index contributed by atoms with van der Waals surface area (Å²) in [5.41, 5.74) is 7.41. The fourth-order valence-electron chi connectivity index (χ4n) is 4.36. The van der Waals surface area contributed by atoms with Crippen LogP contribution in [0.5, 0.6) is 5.75 Å². The Morgan fingerprint density at radius 3 is 2.77 bits per heavy atom. The molecule has 0 spiro atoms. The number of aromatic hydroxyl groups is 1. The summed E-state index contributed by atoms with van der Waals surface area (Å²) in [6, 6.07) is 2.34. The lowest BCUT2D eigenvalue weighted by Crippen LogP contribution is -2.33. The lowest BCUT2D eigenvalue weighted by atomic mass is 9.77. The number of amides is 1. The van der Waals surface area contributed by atoms with Crippen LogP contribution in [0.2, 0.25) is 5.02 Å². The van der Waals surface area contributed by atoms with Crippen LogP contribution >= 0.6 is 11.6 Å². The van der Waals surface area contributed by atoms with Crippen LogP contribution in [0.15, 0.2) is 30.7 Å². The third-order valence-electron chi connectivity index (χ3n) is 6.34. The second-order valence-corrected chi connectivity index (χ2v) is 9.57. The van der Waals surface area contributed by atoms with Gasteiger partial charge in [-0.15, -0.1) is 0 Å². The van der Waals surface area contributed by atoms with Crippen LogP contribution in [0.1, 0.15) is 44.0 Å². The molecule has 4 aromatic rings. The molecule has 11 heteroatoms. The Balaban J connectivity index is 1.63. The highest BCUT2D eigenvalue weighted by atomic mass is 35.5. The lowest BCUT2D eigenvalue weighted by molar-refractivity contribution is -0.119. The number of fused-ring (bicyclic) bond motifs is 2. The van der Waals surface area contributed by atoms with E-state index >= 15 is 0 Å². The number of hydrogen-bond acceptors (Lipinski definition) is 7. The summed E-state index contributed by atoms with van der Waals surface area (Å²) in [5.74, 6) is -0.853. The van der Waals surface area contributed by atoms with Crippen LogP contribution in [0, 0.1) is 11.7 Å². The van der Waals surface area contributed by atoms with Gasteiger partial charge in [-0.05, 0) is 43.4 Å². The number of nitrogens with two attached hydrogens (primary N) is 1. The molecule has 9 nitrogen and oxygen atoms in total. The zero-order valence-corrected chi connectivity index (χ0v) is 20.1. The minimum absolute atomic E-state index is 0.0388. The van der Waals surface area contributed by atoms with Crippen molar-refractivity contribution in [3.8, 4) is 17.3 Å². The number of hydrogen-bond donors (Lipinski definition) is 3. The van der Waals surface area contributed by atoms with Gasteiger partial charge in [0.1, 0.15) is 39.3 Å². The summed E-state index contributed by atoms with van der Waals surface area (Å²) in [4.78, 5) is 31.3. The molecular weight excluding hydrogens is 473 g/mol. The van der Waals surface area contributed by atoms with Crippen LogP contribution < -0.4 is 11.1 Å². The maximum absolute atomic E-state index is 14.3. The third kappa shape index (κ3) is 3.65. The molecular formula is C24H23ClFN7O2. The van der Waals surface area contributed by atoms with Crippen molar-refractivity contribution < 1.29 is 14.3 Å². The second kappa shape index (κ2) is 8.16. The highest BCUT2D eigenvalue weighted by molar-refractivity contribution is 6.32. The third-order valence-corrected chi connectivity index (χ3v) is 6.71. The zero-order chi connectivity index (χ0) is 25.1. The molecule has 0 saturated carbocycles. The Labute approximate surface area is 205 Å². The van der Waals surface area contributed by atoms with Crippen molar-refractivity contribution in [1.82, 2.24) is 24.3 Å². The monoisotopic (exact) mass is 495 g/mol. The van der Waals surface area contributed by atoms with E-state index in [1.54, 1.807) is 19.3 Å². The first-order valence-corrected chi connectivity index (χ1v) is 11.5. The van der Waals surface area contributed by atoms with Gasteiger partial charge < -0.3 is 20.6 Å². The normalized spacial score (nSPS) is 17.3. The van der Waals surface area contributed by atoms with Gasteiger partial charge in [-0.1, -0.05) is 25.4 Å². The Morgan fingerprint density at radius 2 is 2.06 bits per heavy atom. The van der Waals surface area contributed by atoms with Crippen molar-refractivity contribution in [1.29, 1.82) is 0 Å². The first-order valence-electron chi connectivity index (χ1n) is 11.1. The number of phenols is 1. The Kier molecular flexibility index (Phi) is 5.36. The zero-order valence-electron chi connectivity index (χ0n) is 19.3. The molecule has 0 aliphatic carbocycles. The summed E-state index contributed by atoms with van der Waals surface area (Å²) in [6.45, 7) is 5.85. The molecule has 0 bridgehead atoms. The largest absolute Gasteiger partial charge is 0.506 e. The van der Waals surface area contributed by atoms with E-state index in [0.717, 1.165) is 30.2 Å². The highest BCUT2D eigenvalue weighted by Gasteiger charge is 2.48. The molecule has 1 aliphatic rings. The van der Waals surface area contributed by atoms with Gasteiger partial charge in [0.2, 0.25) is 5.91 Å². The van der Waals surface area contributed by atoms with E-state index in [1.165, 1.54) is 6.07 Å². The SMILES string of the molecule is CC(C)CCc1nc(-c2nc(N)c3c(n2)NC(=O)[C@@]3(C)c2cc(O)c(Cl)c(F)c2)cn2ccnc12. The van der Waals surface area contributed by atoms with Gasteiger partial charge in [0.25, 0.3) is 0 Å². The van der Waals surface area contributed by atoms with Crippen molar-refractivity contribution >= 4 is 34.8 Å². The molecule has 3 aromatic heterocycles. The quantitative estimate of drug-likeness (QED) is 0.379. The molecule has 0 fully saturated rings. The van der Waals surface area contributed by atoms with Gasteiger partial charge in [0, 0.05) is 18.6 Å². The predicted octanol–water partition coefficient (Wildman–Crippen LogP) is 4.11. The summed E-state index contributed by atoms with van der Waals surface area (Å²) < 4.78 is 16.2. The fourth-order valence-corrected chi connectivity index (χ4v) is 4.47. The number of phenolic OH excluding ortho intramolecular Hbond substituents is 1. The maximum Gasteiger partial charge on any atom is 0.240 e. The summed E-state index contributed by atoms with van der Waals surface area (Å²) in [5, 5.41) is 12.3. The van der Waals surface area contributed by atoms with E-state index in [-0.39, 0.29) is 28.6 Å². The molecule has 0 radical (unpaired) electrons.